The van der Waals surface area contributed by atoms with E-state index in [1.807, 2.05) is 0 Å². The largest absolute Gasteiger partial charge is 0.392 e. The summed E-state index contributed by atoms with van der Waals surface area (Å²) < 4.78 is 12.0. The summed E-state index contributed by atoms with van der Waals surface area (Å²) in [5.41, 5.74) is 5.43. The van der Waals surface area contributed by atoms with Crippen molar-refractivity contribution in [3.05, 3.63) is 0 Å². The zero-order valence-electron chi connectivity index (χ0n) is 7.71. The first-order valence-corrected chi connectivity index (χ1v) is 4.92. The Morgan fingerprint density at radius 2 is 1.77 bits per heavy atom. The summed E-state index contributed by atoms with van der Waals surface area (Å²) in [6, 6.07) is 0. The molecule has 0 atom stereocenters. The number of hydrogen-bond donors (Lipinski definition) is 1. The molecule has 0 unspecified atom stereocenters. The van der Waals surface area contributed by atoms with Gasteiger partial charge in [0.1, 0.15) is 6.67 Å². The molecule has 13 heavy (non-hydrogen) atoms. The molecule has 0 aliphatic carbocycles. The van der Waals surface area contributed by atoms with Crippen LogP contribution in [0.5, 0.6) is 0 Å². The second-order valence-corrected chi connectivity index (χ2v) is 3.80. The number of rotatable bonds is 4. The number of piperazine rings is 1. The molecule has 1 fully saturated rings. The third-order valence-electron chi connectivity index (χ3n) is 2.25. The predicted molar refractivity (Wildman–Crippen MR) is 55.6 cm³/mol. The van der Waals surface area contributed by atoms with E-state index >= 15 is 0 Å². The highest BCUT2D eigenvalue weighted by Crippen LogP contribution is 2.00. The third-order valence-corrected chi connectivity index (χ3v) is 2.37. The van der Waals surface area contributed by atoms with Gasteiger partial charge in [0.25, 0.3) is 0 Å². The first-order valence-electron chi connectivity index (χ1n) is 4.51. The summed E-state index contributed by atoms with van der Waals surface area (Å²) in [4.78, 5) is 4.87. The van der Waals surface area contributed by atoms with Crippen LogP contribution in [0.25, 0.3) is 0 Å². The number of halogens is 1. The maximum atomic E-state index is 12.0. The van der Waals surface area contributed by atoms with Gasteiger partial charge in [-0.25, -0.2) is 4.39 Å². The second kappa shape index (κ2) is 5.47. The highest BCUT2D eigenvalue weighted by Gasteiger charge is 2.16. The topological polar surface area (TPSA) is 32.5 Å². The van der Waals surface area contributed by atoms with Crippen LogP contribution in [-0.4, -0.2) is 60.7 Å². The molecule has 0 aromatic carbocycles. The average Bonchev–Trinajstić information content (AvgIpc) is 2.08. The first kappa shape index (κ1) is 10.8. The summed E-state index contributed by atoms with van der Waals surface area (Å²) in [5.74, 6) is 0. The Balaban J connectivity index is 2.18. The maximum absolute atomic E-state index is 12.0. The summed E-state index contributed by atoms with van der Waals surface area (Å²) in [7, 11) is 0. The van der Waals surface area contributed by atoms with Crippen molar-refractivity contribution < 1.29 is 4.39 Å². The fourth-order valence-electron chi connectivity index (χ4n) is 1.51. The molecule has 1 aliphatic heterocycles. The van der Waals surface area contributed by atoms with Crippen LogP contribution in [-0.2, 0) is 0 Å². The minimum Gasteiger partial charge on any atom is -0.392 e. The Labute approximate surface area is 83.7 Å². The molecule has 1 rings (SSSR count). The molecule has 5 heteroatoms. The number of alkyl halides is 1. The smallest absolute Gasteiger partial charge is 0.102 e. The Hall–Kier alpha value is -0.260. The molecule has 76 valence electrons. The Morgan fingerprint density at radius 1 is 1.23 bits per heavy atom. The monoisotopic (exact) mass is 205 g/mol. The van der Waals surface area contributed by atoms with E-state index in [2.05, 4.69) is 9.80 Å². The number of thiocarbonyl (C=S) groups is 1. The first-order chi connectivity index (χ1) is 6.22. The van der Waals surface area contributed by atoms with Gasteiger partial charge < -0.3 is 5.73 Å². The third kappa shape index (κ3) is 3.97. The molecule has 0 aromatic rings. The van der Waals surface area contributed by atoms with E-state index in [1.54, 1.807) is 0 Å². The van der Waals surface area contributed by atoms with Crippen LogP contribution >= 0.6 is 12.2 Å². The van der Waals surface area contributed by atoms with Crippen molar-refractivity contribution in [2.45, 2.75) is 0 Å². The standard InChI is InChI=1S/C8H16FN3S/c9-1-2-11-3-5-12(6-4-11)7-8(10)13/h1-7H2,(H2,10,13). The molecular formula is C8H16FN3S. The molecule has 0 amide bonds. The quantitative estimate of drug-likeness (QED) is 0.648. The molecule has 3 nitrogen and oxygen atoms in total. The normalized spacial score (nSPS) is 20.4. The van der Waals surface area contributed by atoms with Gasteiger partial charge in [-0.1, -0.05) is 12.2 Å². The highest BCUT2D eigenvalue weighted by molar-refractivity contribution is 7.80. The van der Waals surface area contributed by atoms with Crippen molar-refractivity contribution >= 4 is 17.2 Å². The lowest BCUT2D eigenvalue weighted by Gasteiger charge is -2.33. The van der Waals surface area contributed by atoms with E-state index in [9.17, 15) is 4.39 Å². The molecule has 1 heterocycles. The molecule has 0 saturated carbocycles. The second-order valence-electron chi connectivity index (χ2n) is 3.27. The lowest BCUT2D eigenvalue weighted by atomic mass is 10.3. The van der Waals surface area contributed by atoms with Crippen LogP contribution in [0.1, 0.15) is 0 Å². The summed E-state index contributed by atoms with van der Waals surface area (Å²) in [6.45, 7) is 4.72. The fourth-order valence-corrected chi connectivity index (χ4v) is 1.69. The molecule has 1 saturated heterocycles. The van der Waals surface area contributed by atoms with E-state index in [4.69, 9.17) is 18.0 Å². The van der Waals surface area contributed by atoms with Gasteiger partial charge >= 0.3 is 0 Å². The SMILES string of the molecule is NC(=S)CN1CCN(CCF)CC1. The predicted octanol–water partition coefficient (Wildman–Crippen LogP) is -0.140. The lowest BCUT2D eigenvalue weighted by molar-refractivity contribution is 0.138. The summed E-state index contributed by atoms with van der Waals surface area (Å²) in [5, 5.41) is 0. The van der Waals surface area contributed by atoms with Crippen molar-refractivity contribution in [3.8, 4) is 0 Å². The molecule has 0 aromatic heterocycles. The number of nitrogens with zero attached hydrogens (tertiary/aromatic N) is 2. The molecule has 0 radical (unpaired) electrons. The van der Waals surface area contributed by atoms with E-state index < -0.39 is 0 Å². The molecule has 0 bridgehead atoms. The minimum absolute atomic E-state index is 0.255. The van der Waals surface area contributed by atoms with E-state index in [-0.39, 0.29) is 6.67 Å². The van der Waals surface area contributed by atoms with Gasteiger partial charge in [-0.3, -0.25) is 9.80 Å². The minimum atomic E-state index is -0.255. The van der Waals surface area contributed by atoms with Gasteiger partial charge in [0, 0.05) is 39.3 Å². The van der Waals surface area contributed by atoms with Gasteiger partial charge in [-0.2, -0.15) is 0 Å². The van der Waals surface area contributed by atoms with Crippen LogP contribution in [0.2, 0.25) is 0 Å². The van der Waals surface area contributed by atoms with Crippen molar-refractivity contribution in [1.82, 2.24) is 9.80 Å². The molecular weight excluding hydrogens is 189 g/mol. The van der Waals surface area contributed by atoms with Gasteiger partial charge in [0.05, 0.1) is 4.99 Å². The van der Waals surface area contributed by atoms with E-state index in [1.165, 1.54) is 0 Å². The number of nitrogens with two attached hydrogens (primary N) is 1. The lowest BCUT2D eigenvalue weighted by Crippen LogP contribution is -2.48. The van der Waals surface area contributed by atoms with Gasteiger partial charge in [-0.05, 0) is 0 Å². The van der Waals surface area contributed by atoms with Crippen molar-refractivity contribution in [2.24, 2.45) is 5.73 Å². The average molecular weight is 205 g/mol. The van der Waals surface area contributed by atoms with Crippen molar-refractivity contribution in [2.75, 3.05) is 45.9 Å². The van der Waals surface area contributed by atoms with Crippen LogP contribution in [0.15, 0.2) is 0 Å². The number of hydrogen-bond acceptors (Lipinski definition) is 3. The maximum Gasteiger partial charge on any atom is 0.102 e. The van der Waals surface area contributed by atoms with Crippen LogP contribution in [0.4, 0.5) is 4.39 Å². The fraction of sp³-hybridized carbons (Fsp3) is 0.875. The Morgan fingerprint density at radius 3 is 2.23 bits per heavy atom. The van der Waals surface area contributed by atoms with Crippen LogP contribution < -0.4 is 5.73 Å². The van der Waals surface area contributed by atoms with Crippen molar-refractivity contribution in [1.29, 1.82) is 0 Å². The van der Waals surface area contributed by atoms with Gasteiger partial charge in [0.15, 0.2) is 0 Å². The van der Waals surface area contributed by atoms with Crippen molar-refractivity contribution in [3.63, 3.8) is 0 Å². The highest BCUT2D eigenvalue weighted by atomic mass is 32.1. The summed E-state index contributed by atoms with van der Waals surface area (Å²) >= 11 is 4.82. The summed E-state index contributed by atoms with van der Waals surface area (Å²) in [6.07, 6.45) is 0. The Kier molecular flexibility index (Phi) is 4.55. The van der Waals surface area contributed by atoms with E-state index in [0.29, 0.717) is 18.1 Å². The molecule has 2 N–H and O–H groups in total. The van der Waals surface area contributed by atoms with Crippen LogP contribution in [0.3, 0.4) is 0 Å². The zero-order valence-corrected chi connectivity index (χ0v) is 8.52. The molecule has 0 spiro atoms. The van der Waals surface area contributed by atoms with Crippen LogP contribution in [0, 0.1) is 0 Å². The van der Waals surface area contributed by atoms with E-state index in [0.717, 1.165) is 26.2 Å². The Bertz CT molecular complexity index is 169. The van der Waals surface area contributed by atoms with Gasteiger partial charge in [-0.15, -0.1) is 0 Å². The van der Waals surface area contributed by atoms with Gasteiger partial charge in [0.2, 0.25) is 0 Å². The molecule has 1 aliphatic rings. The zero-order chi connectivity index (χ0) is 9.68.